The van der Waals surface area contributed by atoms with E-state index in [0.29, 0.717) is 0 Å². The van der Waals surface area contributed by atoms with Crippen molar-refractivity contribution in [2.24, 2.45) is 10.8 Å². The number of nitrogens with zero attached hydrogens (tertiary/aromatic N) is 4. The average Bonchev–Trinajstić information content (AvgIpc) is 3.20. The fraction of sp³-hybridized carbons (Fsp3) is 0.375. The lowest BCUT2D eigenvalue weighted by Crippen LogP contribution is -2.65. The van der Waals surface area contributed by atoms with Crippen LogP contribution in [0.4, 0.5) is 4.79 Å². The molecule has 3 aliphatic rings. The molecular weight excluding hydrogens is 394 g/mol. The number of hydrazone groups is 1. The summed E-state index contributed by atoms with van der Waals surface area (Å²) in [6.45, 7) is 0.433. The first-order chi connectivity index (χ1) is 12.4. The van der Waals surface area contributed by atoms with Crippen LogP contribution in [-0.2, 0) is 9.59 Å². The van der Waals surface area contributed by atoms with E-state index in [0.717, 1.165) is 17.3 Å². The first kappa shape index (κ1) is 19.5. The first-order valence-electron chi connectivity index (χ1n) is 8.09. The van der Waals surface area contributed by atoms with Crippen molar-refractivity contribution < 1.29 is 19.5 Å². The van der Waals surface area contributed by atoms with Gasteiger partial charge in [0.25, 0.3) is 0 Å². The van der Waals surface area contributed by atoms with E-state index in [4.69, 9.17) is 5.73 Å². The summed E-state index contributed by atoms with van der Waals surface area (Å²) in [6.07, 6.45) is 1.56. The number of benzene rings is 1. The third-order valence-electron chi connectivity index (χ3n) is 4.79. The second-order valence-corrected chi connectivity index (χ2v) is 7.70. The van der Waals surface area contributed by atoms with E-state index in [1.54, 1.807) is 6.21 Å². The number of β-lactam (4-membered cyclic amide) rings is 1. The van der Waals surface area contributed by atoms with Gasteiger partial charge in [0.15, 0.2) is 0 Å². The molecule has 144 valence electrons. The number of rotatable bonds is 4. The number of carbonyl (C=O) groups excluding carboxylic acids is 2. The molecule has 1 aromatic carbocycles. The number of carboxylic acid groups (broad SMARTS) is 1. The van der Waals surface area contributed by atoms with Crippen LogP contribution < -0.4 is 5.73 Å². The summed E-state index contributed by atoms with van der Waals surface area (Å²) < 4.78 is 0. The van der Waals surface area contributed by atoms with Crippen molar-refractivity contribution in [3.05, 3.63) is 35.9 Å². The molecule has 9 nitrogen and oxygen atoms in total. The molecule has 0 bridgehead atoms. The second-order valence-electron chi connectivity index (χ2n) is 6.30. The Bertz CT molecular complexity index is 809. The highest BCUT2D eigenvalue weighted by molar-refractivity contribution is 8.02. The summed E-state index contributed by atoms with van der Waals surface area (Å²) in [5.41, 5.74) is 6.59. The summed E-state index contributed by atoms with van der Waals surface area (Å²) in [6, 6.07) is 8.10. The summed E-state index contributed by atoms with van der Waals surface area (Å²) >= 11 is 1.05. The van der Waals surface area contributed by atoms with Crippen LogP contribution in [-0.4, -0.2) is 80.0 Å². The quantitative estimate of drug-likeness (QED) is 0.539. The Balaban J connectivity index is 0.00000210. The van der Waals surface area contributed by atoms with Crippen molar-refractivity contribution in [1.82, 2.24) is 14.8 Å². The molecule has 11 heteroatoms. The molecule has 3 atom stereocenters. The lowest BCUT2D eigenvalue weighted by Gasteiger charge is -2.38. The minimum Gasteiger partial charge on any atom is -0.479 e. The molecule has 0 aromatic heterocycles. The molecule has 0 aliphatic carbocycles. The number of carbonyl (C=O) groups is 3. The van der Waals surface area contributed by atoms with E-state index in [-0.39, 0.29) is 37.9 Å². The van der Waals surface area contributed by atoms with Crippen LogP contribution >= 0.6 is 24.2 Å². The van der Waals surface area contributed by atoms with E-state index < -0.39 is 28.3 Å². The molecule has 4 rings (SSSR count). The predicted octanol–water partition coefficient (Wildman–Crippen LogP) is 0.203. The molecule has 0 unspecified atom stereocenters. The van der Waals surface area contributed by atoms with Crippen molar-refractivity contribution in [1.29, 1.82) is 0 Å². The van der Waals surface area contributed by atoms with E-state index in [9.17, 15) is 19.5 Å². The van der Waals surface area contributed by atoms with Crippen molar-refractivity contribution in [2.45, 2.75) is 16.3 Å². The predicted molar refractivity (Wildman–Crippen MR) is 102 cm³/mol. The molecule has 3 amide bonds. The van der Waals surface area contributed by atoms with Crippen LogP contribution in [0.25, 0.3) is 0 Å². The van der Waals surface area contributed by atoms with Crippen LogP contribution in [0.15, 0.2) is 35.4 Å². The van der Waals surface area contributed by atoms with Gasteiger partial charge in [0, 0.05) is 6.54 Å². The highest BCUT2D eigenvalue weighted by Crippen LogP contribution is 2.49. The van der Waals surface area contributed by atoms with Gasteiger partial charge >= 0.3 is 12.0 Å². The summed E-state index contributed by atoms with van der Waals surface area (Å²) in [4.78, 5) is 37.8. The number of fused-ring (bicyclic) bond motifs is 1. The van der Waals surface area contributed by atoms with Gasteiger partial charge in [0.1, 0.15) is 11.4 Å². The number of urea groups is 1. The Labute approximate surface area is 165 Å². The minimum atomic E-state index is -1.53. The number of hydrogen-bond donors (Lipinski definition) is 2. The van der Waals surface area contributed by atoms with Crippen molar-refractivity contribution >= 4 is 48.3 Å². The van der Waals surface area contributed by atoms with Crippen molar-refractivity contribution in [2.75, 3.05) is 19.6 Å². The largest absolute Gasteiger partial charge is 0.479 e. The lowest BCUT2D eigenvalue weighted by atomic mass is 10.1. The average molecular weight is 412 g/mol. The van der Waals surface area contributed by atoms with E-state index in [1.165, 1.54) is 14.8 Å². The smallest absolute Gasteiger partial charge is 0.342 e. The molecule has 1 aromatic rings. The Morgan fingerprint density at radius 2 is 2.00 bits per heavy atom. The Morgan fingerprint density at radius 1 is 1.30 bits per heavy atom. The summed E-state index contributed by atoms with van der Waals surface area (Å²) in [5, 5.41) is 14.8. The third kappa shape index (κ3) is 2.93. The lowest BCUT2D eigenvalue weighted by molar-refractivity contribution is -0.148. The molecule has 0 spiro atoms. The molecule has 3 heterocycles. The maximum atomic E-state index is 12.7. The van der Waals surface area contributed by atoms with Gasteiger partial charge < -0.3 is 15.7 Å². The molecule has 3 fully saturated rings. The number of carboxylic acids is 1. The number of halogens is 1. The Kier molecular flexibility index (Phi) is 5.06. The molecule has 3 N–H and O–H groups in total. The van der Waals surface area contributed by atoms with Crippen LogP contribution in [0.3, 0.4) is 0 Å². The Hall–Kier alpha value is -2.30. The van der Waals surface area contributed by atoms with Gasteiger partial charge in [-0.15, -0.1) is 12.4 Å². The van der Waals surface area contributed by atoms with Crippen molar-refractivity contribution in [3.63, 3.8) is 0 Å². The third-order valence-corrected chi connectivity index (χ3v) is 6.49. The highest BCUT2D eigenvalue weighted by Gasteiger charge is 2.65. The van der Waals surface area contributed by atoms with E-state index >= 15 is 0 Å². The van der Waals surface area contributed by atoms with Gasteiger partial charge in [-0.25, -0.2) is 14.6 Å². The summed E-state index contributed by atoms with van der Waals surface area (Å²) in [5.74, 6) is -1.43. The molecule has 3 aliphatic heterocycles. The van der Waals surface area contributed by atoms with Gasteiger partial charge in [-0.1, -0.05) is 42.1 Å². The second kappa shape index (κ2) is 7.02. The monoisotopic (exact) mass is 411 g/mol. The molecule has 3 saturated heterocycles. The molecule has 27 heavy (non-hydrogen) atoms. The fourth-order valence-electron chi connectivity index (χ4n) is 3.35. The number of aliphatic carboxylic acids is 1. The topological polar surface area (TPSA) is 120 Å². The van der Waals surface area contributed by atoms with Crippen molar-refractivity contribution in [3.8, 4) is 0 Å². The number of amides is 3. The number of thioether (sulfide) groups is 1. The Morgan fingerprint density at radius 3 is 2.63 bits per heavy atom. The number of nitrogens with two attached hydrogens (primary N) is 1. The van der Waals surface area contributed by atoms with Gasteiger partial charge in [0.05, 0.1) is 19.3 Å². The van der Waals surface area contributed by atoms with Gasteiger partial charge in [-0.05, 0) is 5.56 Å². The fourth-order valence-corrected chi connectivity index (χ4v) is 4.93. The SMILES string of the molecule is Cl.N[C@@H]1C(=O)N2C[C@@](C(=O)O)(N3CCN(/N=C/c4ccccc4)C3=O)S[C@H]12. The van der Waals surface area contributed by atoms with Crippen LogP contribution in [0.1, 0.15) is 5.56 Å². The van der Waals surface area contributed by atoms with Crippen LogP contribution in [0, 0.1) is 0 Å². The van der Waals surface area contributed by atoms with E-state index in [2.05, 4.69) is 5.10 Å². The zero-order chi connectivity index (χ0) is 18.5. The van der Waals surface area contributed by atoms with Crippen LogP contribution in [0.2, 0.25) is 0 Å². The van der Waals surface area contributed by atoms with Gasteiger partial charge in [-0.2, -0.15) is 5.10 Å². The zero-order valence-corrected chi connectivity index (χ0v) is 15.7. The van der Waals surface area contributed by atoms with Gasteiger partial charge in [-0.3, -0.25) is 9.69 Å². The maximum Gasteiger partial charge on any atom is 0.342 e. The number of hydrogen-bond acceptors (Lipinski definition) is 6. The standard InChI is InChI=1S/C16H17N5O4S.ClH/c17-11-12(22)19-9-16(14(23)24,26-13(11)19)20-6-7-21(15(20)25)18-8-10-4-2-1-3-5-10;/h1-5,8,11,13H,6-7,9,17H2,(H,23,24);1H/b18-8+;/t11-,13-,16-;/m1./s1. The highest BCUT2D eigenvalue weighted by atomic mass is 35.5. The normalized spacial score (nSPS) is 29.7. The van der Waals surface area contributed by atoms with E-state index in [1.807, 2.05) is 30.3 Å². The van der Waals surface area contributed by atoms with Crippen LogP contribution in [0.5, 0.6) is 0 Å². The zero-order valence-electron chi connectivity index (χ0n) is 14.1. The molecular formula is C16H18ClN5O4S. The minimum absolute atomic E-state index is 0. The maximum absolute atomic E-state index is 12.7. The van der Waals surface area contributed by atoms with Gasteiger partial charge in [0.2, 0.25) is 10.8 Å². The molecule has 0 saturated carbocycles. The molecule has 0 radical (unpaired) electrons. The summed E-state index contributed by atoms with van der Waals surface area (Å²) in [7, 11) is 0. The first-order valence-corrected chi connectivity index (χ1v) is 8.97.